The van der Waals surface area contributed by atoms with E-state index in [0.29, 0.717) is 12.2 Å². The Morgan fingerprint density at radius 1 is 1.03 bits per heavy atom. The van der Waals surface area contributed by atoms with Gasteiger partial charge in [0.1, 0.15) is 0 Å². The zero-order valence-electron chi connectivity index (χ0n) is 19.8. The fourth-order valence-corrected chi connectivity index (χ4v) is 4.77. The first-order valence-corrected chi connectivity index (χ1v) is 13.2. The summed E-state index contributed by atoms with van der Waals surface area (Å²) >= 11 is 4.38. The molecule has 0 aliphatic carbocycles. The van der Waals surface area contributed by atoms with Crippen molar-refractivity contribution < 1.29 is 13.5 Å². The zero-order valence-corrected chi connectivity index (χ0v) is 21.5. The van der Waals surface area contributed by atoms with Gasteiger partial charge in [-0.3, -0.25) is 4.72 Å². The van der Waals surface area contributed by atoms with Gasteiger partial charge in [0.15, 0.2) is 0 Å². The number of nitrogens with one attached hydrogen (secondary N) is 2. The number of aryl methyl sites for hydroxylation is 1. The molecule has 0 amide bonds. The molecule has 0 aliphatic rings. The van der Waals surface area contributed by atoms with Crippen molar-refractivity contribution in [3.63, 3.8) is 0 Å². The van der Waals surface area contributed by atoms with Gasteiger partial charge in [-0.2, -0.15) is 0 Å². The molecule has 0 saturated carbocycles. The first-order chi connectivity index (χ1) is 16.2. The molecule has 0 heterocycles. The predicted octanol–water partition coefficient (Wildman–Crippen LogP) is 4.62. The van der Waals surface area contributed by atoms with Gasteiger partial charge in [0.25, 0.3) is 10.0 Å². The quantitative estimate of drug-likeness (QED) is 0.290. The summed E-state index contributed by atoms with van der Waals surface area (Å²) in [6.07, 6.45) is 0.278. The number of nitrogens with zero attached hydrogens (tertiary/aromatic N) is 1. The van der Waals surface area contributed by atoms with E-state index in [0.717, 1.165) is 34.7 Å². The van der Waals surface area contributed by atoms with Gasteiger partial charge in [-0.05, 0) is 67.8 Å². The summed E-state index contributed by atoms with van der Waals surface area (Å²) in [4.78, 5) is 3.23. The largest absolute Gasteiger partial charge is 0.387 e. The lowest BCUT2D eigenvalue weighted by Gasteiger charge is -2.23. The number of sulfonamides is 1. The van der Waals surface area contributed by atoms with E-state index < -0.39 is 16.1 Å². The van der Waals surface area contributed by atoms with Crippen LogP contribution in [0.2, 0.25) is 0 Å². The highest BCUT2D eigenvalue weighted by Crippen LogP contribution is 2.22. The summed E-state index contributed by atoms with van der Waals surface area (Å²) in [5.74, 6) is 0. The van der Waals surface area contributed by atoms with Crippen LogP contribution < -0.4 is 14.9 Å². The number of benzene rings is 3. The lowest BCUT2D eigenvalue weighted by Crippen LogP contribution is -2.33. The van der Waals surface area contributed by atoms with Crippen LogP contribution in [0.15, 0.2) is 82.6 Å². The number of aliphatic hydroxyl groups excluding tert-OH is 1. The number of anilines is 2. The van der Waals surface area contributed by atoms with Crippen molar-refractivity contribution in [1.82, 2.24) is 5.32 Å². The summed E-state index contributed by atoms with van der Waals surface area (Å²) in [6, 6.07) is 21.7. The fraction of sp³-hybridized carbons (Fsp3) is 0.308. The Labute approximate surface area is 208 Å². The van der Waals surface area contributed by atoms with E-state index in [-0.39, 0.29) is 10.9 Å². The molecule has 0 fully saturated rings. The Balaban J connectivity index is 1.51. The minimum atomic E-state index is -3.63. The molecule has 0 saturated heterocycles. The van der Waals surface area contributed by atoms with E-state index >= 15 is 0 Å². The normalized spacial score (nSPS) is 13.3. The van der Waals surface area contributed by atoms with E-state index in [4.69, 9.17) is 0 Å². The van der Waals surface area contributed by atoms with Crippen LogP contribution in [-0.2, 0) is 10.0 Å². The van der Waals surface area contributed by atoms with E-state index in [9.17, 15) is 13.5 Å². The van der Waals surface area contributed by atoms with Crippen LogP contribution in [0.1, 0.15) is 30.6 Å². The van der Waals surface area contributed by atoms with Gasteiger partial charge in [-0.25, -0.2) is 8.42 Å². The lowest BCUT2D eigenvalue weighted by atomic mass is 10.1. The second-order valence-corrected chi connectivity index (χ2v) is 10.7. The van der Waals surface area contributed by atoms with Gasteiger partial charge in [0.2, 0.25) is 0 Å². The minimum Gasteiger partial charge on any atom is -0.387 e. The third-order valence-electron chi connectivity index (χ3n) is 5.76. The Morgan fingerprint density at radius 2 is 1.76 bits per heavy atom. The Hall–Kier alpha value is -2.52. The molecule has 0 aliphatic heterocycles. The molecule has 3 rings (SSSR count). The van der Waals surface area contributed by atoms with Crippen molar-refractivity contribution in [2.45, 2.75) is 42.2 Å². The molecular weight excluding hydrogens is 466 g/mol. The second-order valence-electron chi connectivity index (χ2n) is 8.55. The standard InChI is InChI=1S/C26H33N3O3S2/c1-19-16-21(12-13-26(19)33)25(30)18-27-20(2)14-15-29(3)23-9-7-8-22(17-23)28-34(31,32)24-10-5-4-6-11-24/h4-13,16-17,20,25,27-28,30,33H,14-15,18H2,1-3H3. The smallest absolute Gasteiger partial charge is 0.261 e. The van der Waals surface area contributed by atoms with E-state index in [1.54, 1.807) is 36.4 Å². The summed E-state index contributed by atoms with van der Waals surface area (Å²) in [7, 11) is -1.65. The summed E-state index contributed by atoms with van der Waals surface area (Å²) < 4.78 is 27.9. The number of thiol groups is 1. The first kappa shape index (κ1) is 26.1. The molecule has 0 bridgehead atoms. The van der Waals surface area contributed by atoms with Crippen molar-refractivity contribution in [3.05, 3.63) is 83.9 Å². The molecule has 2 atom stereocenters. The third kappa shape index (κ3) is 7.24. The monoisotopic (exact) mass is 499 g/mol. The molecule has 34 heavy (non-hydrogen) atoms. The maximum atomic E-state index is 12.6. The highest BCUT2D eigenvalue weighted by atomic mass is 32.2. The highest BCUT2D eigenvalue weighted by Gasteiger charge is 2.15. The van der Waals surface area contributed by atoms with Gasteiger partial charge in [0, 0.05) is 36.8 Å². The average molecular weight is 500 g/mol. The van der Waals surface area contributed by atoms with Crippen LogP contribution in [-0.4, -0.2) is 39.7 Å². The maximum absolute atomic E-state index is 12.6. The second kappa shape index (κ2) is 11.8. The van der Waals surface area contributed by atoms with Gasteiger partial charge < -0.3 is 15.3 Å². The lowest BCUT2D eigenvalue weighted by molar-refractivity contribution is 0.170. The first-order valence-electron chi connectivity index (χ1n) is 11.3. The third-order valence-corrected chi connectivity index (χ3v) is 7.65. The topological polar surface area (TPSA) is 81.7 Å². The van der Waals surface area contributed by atoms with Crippen molar-refractivity contribution in [1.29, 1.82) is 0 Å². The molecule has 6 nitrogen and oxygen atoms in total. The molecule has 0 spiro atoms. The van der Waals surface area contributed by atoms with Crippen LogP contribution in [0.4, 0.5) is 11.4 Å². The predicted molar refractivity (Wildman–Crippen MR) is 142 cm³/mol. The zero-order chi connectivity index (χ0) is 24.7. The molecule has 0 aromatic heterocycles. The summed E-state index contributed by atoms with van der Waals surface area (Å²) in [5.41, 5.74) is 3.36. The van der Waals surface area contributed by atoms with Crippen molar-refractivity contribution >= 4 is 34.0 Å². The van der Waals surface area contributed by atoms with Gasteiger partial charge >= 0.3 is 0 Å². The Morgan fingerprint density at radius 3 is 2.47 bits per heavy atom. The molecular formula is C26H33N3O3S2. The van der Waals surface area contributed by atoms with E-state index in [2.05, 4.69) is 34.5 Å². The number of hydrogen-bond acceptors (Lipinski definition) is 6. The molecule has 3 aromatic rings. The van der Waals surface area contributed by atoms with Crippen molar-refractivity contribution in [2.75, 3.05) is 29.8 Å². The fourth-order valence-electron chi connectivity index (χ4n) is 3.56. The van der Waals surface area contributed by atoms with Crippen LogP contribution in [0, 0.1) is 6.92 Å². The SMILES string of the molecule is Cc1cc(C(O)CNC(C)CCN(C)c2cccc(NS(=O)(=O)c3ccccc3)c2)ccc1S. The summed E-state index contributed by atoms with van der Waals surface area (Å²) in [6.45, 7) is 5.30. The Bertz CT molecular complexity index is 1190. The molecule has 3 N–H and O–H groups in total. The molecule has 2 unspecified atom stereocenters. The van der Waals surface area contributed by atoms with Gasteiger partial charge in [-0.1, -0.05) is 36.4 Å². The number of aliphatic hydroxyl groups is 1. The molecule has 0 radical (unpaired) electrons. The van der Waals surface area contributed by atoms with Crippen molar-refractivity contribution in [2.24, 2.45) is 0 Å². The highest BCUT2D eigenvalue weighted by molar-refractivity contribution is 7.92. The molecule has 3 aromatic carbocycles. The Kier molecular flexibility index (Phi) is 9.02. The average Bonchev–Trinajstić information content (AvgIpc) is 2.83. The van der Waals surface area contributed by atoms with Gasteiger partial charge in [-0.15, -0.1) is 12.6 Å². The van der Waals surface area contributed by atoms with E-state index in [1.165, 1.54) is 0 Å². The van der Waals surface area contributed by atoms with Crippen LogP contribution in [0.3, 0.4) is 0 Å². The van der Waals surface area contributed by atoms with Crippen LogP contribution >= 0.6 is 12.6 Å². The molecule has 8 heteroatoms. The summed E-state index contributed by atoms with van der Waals surface area (Å²) in [5, 5.41) is 13.9. The van der Waals surface area contributed by atoms with E-state index in [1.807, 2.05) is 50.4 Å². The van der Waals surface area contributed by atoms with Crippen molar-refractivity contribution in [3.8, 4) is 0 Å². The molecule has 182 valence electrons. The van der Waals surface area contributed by atoms with Crippen LogP contribution in [0.5, 0.6) is 0 Å². The van der Waals surface area contributed by atoms with Gasteiger partial charge in [0.05, 0.1) is 16.7 Å². The maximum Gasteiger partial charge on any atom is 0.261 e. The number of hydrogen-bond donors (Lipinski definition) is 4. The van der Waals surface area contributed by atoms with Crippen LogP contribution in [0.25, 0.3) is 0 Å². The number of rotatable bonds is 11. The minimum absolute atomic E-state index is 0.196.